The summed E-state index contributed by atoms with van der Waals surface area (Å²) < 4.78 is 5.24. The Morgan fingerprint density at radius 2 is 2.09 bits per heavy atom. The monoisotopic (exact) mass is 324 g/mol. The number of hydrogen-bond acceptors (Lipinski definition) is 3. The van der Waals surface area contributed by atoms with Crippen LogP contribution >= 0.6 is 11.6 Å². The number of benzene rings is 1. The highest BCUT2D eigenvalue weighted by atomic mass is 35.5. The van der Waals surface area contributed by atoms with Crippen molar-refractivity contribution in [2.24, 2.45) is 0 Å². The lowest BCUT2D eigenvalue weighted by molar-refractivity contribution is -0.116. The fourth-order valence-electron chi connectivity index (χ4n) is 2.97. The molecule has 5 heteroatoms. The first kappa shape index (κ1) is 17.1. The zero-order chi connectivity index (χ0) is 15.9. The number of hydrogen-bond donors (Lipinski definition) is 1. The number of halogens is 1. The van der Waals surface area contributed by atoms with Crippen molar-refractivity contribution in [3.05, 3.63) is 23.2 Å². The third-order valence-electron chi connectivity index (χ3n) is 4.33. The highest BCUT2D eigenvalue weighted by Crippen LogP contribution is 2.28. The van der Waals surface area contributed by atoms with Crippen LogP contribution in [0, 0.1) is 0 Å². The molecule has 0 unspecified atom stereocenters. The van der Waals surface area contributed by atoms with Gasteiger partial charge in [0.25, 0.3) is 0 Å². The zero-order valence-electron chi connectivity index (χ0n) is 13.4. The molecular weight excluding hydrogens is 300 g/mol. The van der Waals surface area contributed by atoms with E-state index < -0.39 is 0 Å². The summed E-state index contributed by atoms with van der Waals surface area (Å²) in [7, 11) is 3.69. The topological polar surface area (TPSA) is 41.6 Å². The van der Waals surface area contributed by atoms with Crippen molar-refractivity contribution in [1.82, 2.24) is 4.90 Å². The van der Waals surface area contributed by atoms with E-state index in [0.717, 1.165) is 6.54 Å². The summed E-state index contributed by atoms with van der Waals surface area (Å²) >= 11 is 5.97. The maximum Gasteiger partial charge on any atom is 0.225 e. The smallest absolute Gasteiger partial charge is 0.225 e. The van der Waals surface area contributed by atoms with E-state index in [0.29, 0.717) is 28.9 Å². The third kappa shape index (κ3) is 4.89. The Balaban J connectivity index is 1.83. The Morgan fingerprint density at radius 3 is 2.77 bits per heavy atom. The molecule has 1 aliphatic rings. The van der Waals surface area contributed by atoms with Crippen molar-refractivity contribution >= 4 is 23.2 Å². The maximum atomic E-state index is 12.1. The zero-order valence-corrected chi connectivity index (χ0v) is 14.2. The van der Waals surface area contributed by atoms with E-state index in [2.05, 4.69) is 17.3 Å². The first-order valence-corrected chi connectivity index (χ1v) is 8.31. The lowest BCUT2D eigenvalue weighted by Gasteiger charge is -2.30. The van der Waals surface area contributed by atoms with Gasteiger partial charge in [0.15, 0.2) is 0 Å². The van der Waals surface area contributed by atoms with E-state index >= 15 is 0 Å². The summed E-state index contributed by atoms with van der Waals surface area (Å²) in [4.78, 5) is 14.5. The molecule has 122 valence electrons. The lowest BCUT2D eigenvalue weighted by atomic mass is 9.94. The number of rotatable bonds is 6. The average Bonchev–Trinajstić information content (AvgIpc) is 2.53. The minimum Gasteiger partial charge on any atom is -0.495 e. The quantitative estimate of drug-likeness (QED) is 0.861. The van der Waals surface area contributed by atoms with Crippen molar-refractivity contribution < 1.29 is 9.53 Å². The Bertz CT molecular complexity index is 501. The van der Waals surface area contributed by atoms with Gasteiger partial charge in [0, 0.05) is 24.0 Å². The number of carbonyl (C=O) groups excluding carboxylic acids is 1. The molecule has 0 saturated heterocycles. The van der Waals surface area contributed by atoms with Crippen molar-refractivity contribution in [1.29, 1.82) is 0 Å². The van der Waals surface area contributed by atoms with Gasteiger partial charge in [-0.1, -0.05) is 30.9 Å². The molecule has 0 atom stereocenters. The molecule has 0 aliphatic heterocycles. The van der Waals surface area contributed by atoms with Gasteiger partial charge in [0.2, 0.25) is 5.91 Å². The summed E-state index contributed by atoms with van der Waals surface area (Å²) in [6.07, 6.45) is 6.93. The summed E-state index contributed by atoms with van der Waals surface area (Å²) in [5.74, 6) is 0.613. The lowest BCUT2D eigenvalue weighted by Crippen LogP contribution is -2.35. The van der Waals surface area contributed by atoms with E-state index in [9.17, 15) is 4.79 Å². The standard InChI is InChI=1S/C17H25ClN2O2/c1-20(14-6-4-3-5-7-14)11-10-17(21)19-15-12-13(18)8-9-16(15)22-2/h8-9,12,14H,3-7,10-11H2,1-2H3,(H,19,21). The summed E-state index contributed by atoms with van der Waals surface area (Å²) in [6, 6.07) is 5.84. The van der Waals surface area contributed by atoms with Crippen LogP contribution in [0.1, 0.15) is 38.5 Å². The molecule has 4 nitrogen and oxygen atoms in total. The molecule has 0 spiro atoms. The molecule has 1 fully saturated rings. The first-order valence-electron chi connectivity index (χ1n) is 7.94. The van der Waals surface area contributed by atoms with E-state index in [1.165, 1.54) is 32.1 Å². The van der Waals surface area contributed by atoms with Crippen LogP contribution in [0.3, 0.4) is 0 Å². The summed E-state index contributed by atoms with van der Waals surface area (Å²) in [5, 5.41) is 3.46. The molecule has 0 heterocycles. The summed E-state index contributed by atoms with van der Waals surface area (Å²) in [5.41, 5.74) is 0.625. The van der Waals surface area contributed by atoms with E-state index in [1.807, 2.05) is 0 Å². The van der Waals surface area contributed by atoms with Gasteiger partial charge in [-0.25, -0.2) is 0 Å². The Morgan fingerprint density at radius 1 is 1.36 bits per heavy atom. The number of amides is 1. The first-order chi connectivity index (χ1) is 10.6. The fraction of sp³-hybridized carbons (Fsp3) is 0.588. The molecule has 22 heavy (non-hydrogen) atoms. The predicted molar refractivity (Wildman–Crippen MR) is 90.8 cm³/mol. The fourth-order valence-corrected chi connectivity index (χ4v) is 3.14. The van der Waals surface area contributed by atoms with Gasteiger partial charge < -0.3 is 15.0 Å². The Kier molecular flexibility index (Phi) is 6.52. The van der Waals surface area contributed by atoms with Crippen LogP contribution in [-0.4, -0.2) is 37.6 Å². The van der Waals surface area contributed by atoms with Gasteiger partial charge in [-0.2, -0.15) is 0 Å². The van der Waals surface area contributed by atoms with Crippen LogP contribution in [-0.2, 0) is 4.79 Å². The van der Waals surface area contributed by atoms with Crippen molar-refractivity contribution in [3.8, 4) is 5.75 Å². The molecule has 1 saturated carbocycles. The second-order valence-electron chi connectivity index (χ2n) is 5.92. The average molecular weight is 325 g/mol. The van der Waals surface area contributed by atoms with Gasteiger partial charge in [-0.3, -0.25) is 4.79 Å². The second-order valence-corrected chi connectivity index (χ2v) is 6.35. The molecule has 1 aromatic carbocycles. The summed E-state index contributed by atoms with van der Waals surface area (Å²) in [6.45, 7) is 0.777. The number of nitrogens with one attached hydrogen (secondary N) is 1. The minimum absolute atomic E-state index is 0.0109. The van der Waals surface area contributed by atoms with E-state index in [-0.39, 0.29) is 5.91 Å². The number of anilines is 1. The molecule has 1 amide bonds. The van der Waals surface area contributed by atoms with Crippen molar-refractivity contribution in [2.75, 3.05) is 26.0 Å². The van der Waals surface area contributed by atoms with Crippen LogP contribution < -0.4 is 10.1 Å². The number of ether oxygens (including phenoxy) is 1. The highest BCUT2D eigenvalue weighted by molar-refractivity contribution is 6.31. The molecule has 1 aromatic rings. The number of nitrogens with zero attached hydrogens (tertiary/aromatic N) is 1. The van der Waals surface area contributed by atoms with Crippen LogP contribution in [0.15, 0.2) is 18.2 Å². The minimum atomic E-state index is -0.0109. The van der Waals surface area contributed by atoms with Gasteiger partial charge in [-0.05, 0) is 38.1 Å². The van der Waals surface area contributed by atoms with Gasteiger partial charge >= 0.3 is 0 Å². The van der Waals surface area contributed by atoms with Crippen LogP contribution in [0.2, 0.25) is 5.02 Å². The van der Waals surface area contributed by atoms with Gasteiger partial charge in [0.05, 0.1) is 12.8 Å². The molecule has 0 radical (unpaired) electrons. The number of carbonyl (C=O) groups is 1. The van der Waals surface area contributed by atoms with E-state index in [4.69, 9.17) is 16.3 Å². The van der Waals surface area contributed by atoms with Crippen molar-refractivity contribution in [2.45, 2.75) is 44.6 Å². The van der Waals surface area contributed by atoms with Crippen LogP contribution in [0.25, 0.3) is 0 Å². The molecule has 1 aliphatic carbocycles. The van der Waals surface area contributed by atoms with Crippen LogP contribution in [0.5, 0.6) is 5.75 Å². The predicted octanol–water partition coefficient (Wildman–Crippen LogP) is 3.94. The Labute approximate surface area is 137 Å². The van der Waals surface area contributed by atoms with E-state index in [1.54, 1.807) is 25.3 Å². The maximum absolute atomic E-state index is 12.1. The molecule has 2 rings (SSSR count). The van der Waals surface area contributed by atoms with Gasteiger partial charge in [-0.15, -0.1) is 0 Å². The molecule has 0 bridgehead atoms. The third-order valence-corrected chi connectivity index (χ3v) is 4.56. The number of methoxy groups -OCH3 is 1. The van der Waals surface area contributed by atoms with Gasteiger partial charge in [0.1, 0.15) is 5.75 Å². The highest BCUT2D eigenvalue weighted by Gasteiger charge is 2.18. The second kappa shape index (κ2) is 8.39. The molecule has 1 N–H and O–H groups in total. The van der Waals surface area contributed by atoms with Crippen LogP contribution in [0.4, 0.5) is 5.69 Å². The largest absolute Gasteiger partial charge is 0.495 e. The molecular formula is C17H25ClN2O2. The SMILES string of the molecule is COc1ccc(Cl)cc1NC(=O)CCN(C)C1CCCCC1. The normalized spacial score (nSPS) is 15.8. The van der Waals surface area contributed by atoms with Crippen molar-refractivity contribution in [3.63, 3.8) is 0 Å². The molecule has 0 aromatic heterocycles. The Hall–Kier alpha value is -1.26.